The van der Waals surface area contributed by atoms with Gasteiger partial charge in [0.05, 0.1) is 11.9 Å². The van der Waals surface area contributed by atoms with Crippen molar-refractivity contribution >= 4 is 11.6 Å². The number of rotatable bonds is 1. The summed E-state index contributed by atoms with van der Waals surface area (Å²) in [7, 11) is 0. The molecule has 2 aromatic heterocycles. The molecule has 0 saturated heterocycles. The van der Waals surface area contributed by atoms with Gasteiger partial charge < -0.3 is 5.84 Å². The highest BCUT2D eigenvalue weighted by Gasteiger charge is 2.35. The van der Waals surface area contributed by atoms with E-state index < -0.39 is 23.1 Å². The first-order valence-electron chi connectivity index (χ1n) is 5.05. The summed E-state index contributed by atoms with van der Waals surface area (Å²) in [6.07, 6.45) is -3.84. The summed E-state index contributed by atoms with van der Waals surface area (Å²) in [6.45, 7) is 0. The van der Waals surface area contributed by atoms with Gasteiger partial charge in [0, 0.05) is 6.07 Å². The van der Waals surface area contributed by atoms with Crippen LogP contribution in [-0.4, -0.2) is 14.2 Å². The highest BCUT2D eigenvalue weighted by molar-refractivity contribution is 6.29. The fourth-order valence-electron chi connectivity index (χ4n) is 1.51. The van der Waals surface area contributed by atoms with Crippen molar-refractivity contribution in [3.8, 4) is 5.69 Å². The summed E-state index contributed by atoms with van der Waals surface area (Å²) in [5, 5.41) is 0.0989. The number of alkyl halides is 3. The molecule has 0 amide bonds. The molecule has 0 saturated carbocycles. The van der Waals surface area contributed by atoms with E-state index in [4.69, 9.17) is 17.4 Å². The number of pyridine rings is 1. The van der Waals surface area contributed by atoms with Crippen LogP contribution in [0.3, 0.4) is 0 Å². The Morgan fingerprint density at radius 1 is 1.25 bits per heavy atom. The maximum absolute atomic E-state index is 12.6. The van der Waals surface area contributed by atoms with E-state index in [9.17, 15) is 22.8 Å². The van der Waals surface area contributed by atoms with Crippen LogP contribution in [0.25, 0.3) is 5.69 Å². The molecule has 0 atom stereocenters. The van der Waals surface area contributed by atoms with Crippen molar-refractivity contribution in [1.82, 2.24) is 14.2 Å². The molecule has 0 radical (unpaired) electrons. The van der Waals surface area contributed by atoms with Gasteiger partial charge in [0.1, 0.15) is 5.15 Å². The molecule has 2 heterocycles. The minimum absolute atomic E-state index is 0.0441. The van der Waals surface area contributed by atoms with Crippen LogP contribution in [0.4, 0.5) is 13.2 Å². The Bertz CT molecular complexity index is 764. The molecule has 0 aromatic carbocycles. The summed E-state index contributed by atoms with van der Waals surface area (Å²) in [5.41, 5.74) is -4.09. The number of hydrogen-bond donors (Lipinski definition) is 1. The first kappa shape index (κ1) is 14.1. The van der Waals surface area contributed by atoms with Gasteiger partial charge in [0.2, 0.25) is 0 Å². The maximum atomic E-state index is 12.6. The van der Waals surface area contributed by atoms with Crippen LogP contribution < -0.4 is 17.1 Å². The van der Waals surface area contributed by atoms with Crippen molar-refractivity contribution in [2.75, 3.05) is 5.84 Å². The molecule has 0 bridgehead atoms. The molecule has 20 heavy (non-hydrogen) atoms. The smallest absolute Gasteiger partial charge is 0.335 e. The molecule has 0 aliphatic carbocycles. The summed E-state index contributed by atoms with van der Waals surface area (Å²) in [4.78, 5) is 27.1. The van der Waals surface area contributed by atoms with E-state index in [1.807, 2.05) is 0 Å². The van der Waals surface area contributed by atoms with Crippen LogP contribution in [0.15, 0.2) is 34.0 Å². The molecule has 10 heteroatoms. The molecule has 2 aromatic rings. The number of aromatic nitrogens is 3. The molecule has 106 valence electrons. The van der Waals surface area contributed by atoms with Crippen molar-refractivity contribution in [3.63, 3.8) is 0 Å². The Hall–Kier alpha value is -2.29. The Morgan fingerprint density at radius 3 is 2.40 bits per heavy atom. The van der Waals surface area contributed by atoms with E-state index in [-0.39, 0.29) is 21.6 Å². The van der Waals surface area contributed by atoms with Crippen molar-refractivity contribution in [3.05, 3.63) is 56.1 Å². The lowest BCUT2D eigenvalue weighted by Crippen LogP contribution is -2.45. The minimum atomic E-state index is -4.91. The predicted octanol–water partition coefficient (Wildman–Crippen LogP) is 0.780. The number of nitrogens with two attached hydrogens (primary N) is 1. The third-order valence-corrected chi connectivity index (χ3v) is 2.62. The standard InChI is InChI=1S/C10H6ClF3N4O2/c11-7-2-1-5(4-16-7)17-8(19)3-6(10(12,13)14)18(15)9(17)20/h1-4H,15H2. The lowest BCUT2D eigenvalue weighted by atomic mass is 10.3. The number of hydrogen-bond acceptors (Lipinski definition) is 4. The fraction of sp³-hybridized carbons (Fsp3) is 0.100. The van der Waals surface area contributed by atoms with Gasteiger partial charge >= 0.3 is 11.9 Å². The van der Waals surface area contributed by atoms with Gasteiger partial charge in [-0.1, -0.05) is 11.6 Å². The van der Waals surface area contributed by atoms with E-state index in [1.165, 1.54) is 12.1 Å². The van der Waals surface area contributed by atoms with Gasteiger partial charge in [-0.15, -0.1) is 0 Å². The monoisotopic (exact) mass is 306 g/mol. The van der Waals surface area contributed by atoms with E-state index in [0.29, 0.717) is 4.57 Å². The zero-order valence-corrected chi connectivity index (χ0v) is 10.3. The molecular formula is C10H6ClF3N4O2. The van der Waals surface area contributed by atoms with E-state index in [0.717, 1.165) is 6.20 Å². The van der Waals surface area contributed by atoms with Crippen molar-refractivity contribution in [2.45, 2.75) is 6.18 Å². The average Bonchev–Trinajstić information content (AvgIpc) is 2.35. The molecule has 0 fully saturated rings. The Balaban J connectivity index is 2.75. The summed E-state index contributed by atoms with van der Waals surface area (Å²) in [6, 6.07) is 2.77. The van der Waals surface area contributed by atoms with Crippen LogP contribution in [0.5, 0.6) is 0 Å². The molecule has 2 rings (SSSR count). The van der Waals surface area contributed by atoms with Gasteiger partial charge in [0.25, 0.3) is 5.56 Å². The van der Waals surface area contributed by atoms with E-state index >= 15 is 0 Å². The second-order valence-corrected chi connectivity index (χ2v) is 4.08. The first-order valence-corrected chi connectivity index (χ1v) is 5.43. The Kier molecular flexibility index (Phi) is 3.30. The topological polar surface area (TPSA) is 82.9 Å². The Labute approximate surface area is 113 Å². The third-order valence-electron chi connectivity index (χ3n) is 2.40. The molecule has 0 spiro atoms. The number of halogens is 4. The molecule has 2 N–H and O–H groups in total. The predicted molar refractivity (Wildman–Crippen MR) is 64.3 cm³/mol. The molecule has 6 nitrogen and oxygen atoms in total. The van der Waals surface area contributed by atoms with Crippen LogP contribution in [-0.2, 0) is 6.18 Å². The molecule has 0 aliphatic rings. The molecule has 0 unspecified atom stereocenters. The number of nitrogens with zero attached hydrogens (tertiary/aromatic N) is 3. The summed E-state index contributed by atoms with van der Waals surface area (Å²) < 4.78 is 38.0. The number of nitrogen functional groups attached to an aromatic ring is 1. The van der Waals surface area contributed by atoms with Crippen molar-refractivity contribution in [2.24, 2.45) is 0 Å². The summed E-state index contributed by atoms with van der Waals surface area (Å²) in [5.74, 6) is 5.08. The Morgan fingerprint density at radius 2 is 1.90 bits per heavy atom. The van der Waals surface area contributed by atoms with Crippen molar-refractivity contribution in [1.29, 1.82) is 0 Å². The second-order valence-electron chi connectivity index (χ2n) is 3.69. The first-order chi connectivity index (χ1) is 9.21. The molecule has 0 aliphatic heterocycles. The SMILES string of the molecule is Nn1c(C(F)(F)F)cc(=O)n(-c2ccc(Cl)nc2)c1=O. The molecular weight excluding hydrogens is 301 g/mol. The fourth-order valence-corrected chi connectivity index (χ4v) is 1.62. The zero-order valence-electron chi connectivity index (χ0n) is 9.56. The van der Waals surface area contributed by atoms with Crippen LogP contribution in [0.1, 0.15) is 5.69 Å². The van der Waals surface area contributed by atoms with Crippen LogP contribution in [0, 0.1) is 0 Å². The normalized spacial score (nSPS) is 11.6. The van der Waals surface area contributed by atoms with Gasteiger partial charge in [-0.05, 0) is 12.1 Å². The van der Waals surface area contributed by atoms with Gasteiger partial charge in [-0.3, -0.25) is 4.79 Å². The lowest BCUT2D eigenvalue weighted by Gasteiger charge is -2.13. The highest BCUT2D eigenvalue weighted by atomic mass is 35.5. The summed E-state index contributed by atoms with van der Waals surface area (Å²) >= 11 is 5.54. The second kappa shape index (κ2) is 4.67. The van der Waals surface area contributed by atoms with E-state index in [2.05, 4.69) is 4.98 Å². The van der Waals surface area contributed by atoms with Gasteiger partial charge in [-0.2, -0.15) is 13.2 Å². The average molecular weight is 307 g/mol. The zero-order chi connectivity index (χ0) is 15.1. The third kappa shape index (κ3) is 2.39. The largest absolute Gasteiger partial charge is 0.433 e. The highest BCUT2D eigenvalue weighted by Crippen LogP contribution is 2.26. The van der Waals surface area contributed by atoms with Crippen LogP contribution >= 0.6 is 11.6 Å². The van der Waals surface area contributed by atoms with Gasteiger partial charge in [0.15, 0.2) is 5.69 Å². The lowest BCUT2D eigenvalue weighted by molar-refractivity contribution is -0.143. The van der Waals surface area contributed by atoms with Crippen molar-refractivity contribution < 1.29 is 13.2 Å². The minimum Gasteiger partial charge on any atom is -0.335 e. The quantitative estimate of drug-likeness (QED) is 0.623. The maximum Gasteiger partial charge on any atom is 0.433 e. The van der Waals surface area contributed by atoms with E-state index in [1.54, 1.807) is 0 Å². The van der Waals surface area contributed by atoms with Gasteiger partial charge in [-0.25, -0.2) is 19.0 Å². The van der Waals surface area contributed by atoms with Crippen LogP contribution in [0.2, 0.25) is 5.15 Å².